The lowest BCUT2D eigenvalue weighted by molar-refractivity contribution is 0.101. The third-order valence-electron chi connectivity index (χ3n) is 4.86. The van der Waals surface area contributed by atoms with Gasteiger partial charge in [-0.2, -0.15) is 5.26 Å². The van der Waals surface area contributed by atoms with Gasteiger partial charge in [-0.05, 0) is 38.1 Å². The molecule has 3 heterocycles. The summed E-state index contributed by atoms with van der Waals surface area (Å²) in [5.41, 5.74) is 2.09. The Labute approximate surface area is 161 Å². The quantitative estimate of drug-likeness (QED) is 0.652. The Kier molecular flexibility index (Phi) is 4.50. The topological polar surface area (TPSA) is 73.1 Å². The maximum Gasteiger partial charge on any atom is 0.161 e. The van der Waals surface area contributed by atoms with Crippen LogP contribution in [0.25, 0.3) is 10.2 Å². The molecular formula is C20H19N5OS. The van der Waals surface area contributed by atoms with E-state index in [0.717, 1.165) is 47.9 Å². The van der Waals surface area contributed by atoms with Crippen molar-refractivity contribution in [2.45, 2.75) is 13.8 Å². The van der Waals surface area contributed by atoms with Gasteiger partial charge in [0.05, 0.1) is 17.0 Å². The molecular weight excluding hydrogens is 358 g/mol. The van der Waals surface area contributed by atoms with Crippen molar-refractivity contribution in [3.63, 3.8) is 0 Å². The number of hydrogen-bond donors (Lipinski definition) is 0. The maximum atomic E-state index is 12.0. The lowest BCUT2D eigenvalue weighted by Crippen LogP contribution is -2.47. The molecule has 0 radical (unpaired) electrons. The molecule has 6 nitrogen and oxygen atoms in total. The summed E-state index contributed by atoms with van der Waals surface area (Å²) in [6.45, 7) is 6.79. The number of hydrogen-bond acceptors (Lipinski definition) is 7. The molecule has 0 atom stereocenters. The average Bonchev–Trinajstić information content (AvgIpc) is 3.07. The van der Waals surface area contributed by atoms with E-state index in [1.807, 2.05) is 6.07 Å². The molecule has 0 aliphatic carbocycles. The number of thiophene rings is 1. The summed E-state index contributed by atoms with van der Waals surface area (Å²) in [4.78, 5) is 27.6. The lowest BCUT2D eigenvalue weighted by atomic mass is 10.0. The highest BCUT2D eigenvalue weighted by Crippen LogP contribution is 2.31. The first-order chi connectivity index (χ1) is 13.1. The van der Waals surface area contributed by atoms with Gasteiger partial charge in [0.25, 0.3) is 0 Å². The van der Waals surface area contributed by atoms with Gasteiger partial charge in [0.1, 0.15) is 17.0 Å². The van der Waals surface area contributed by atoms with Gasteiger partial charge in [0.15, 0.2) is 5.78 Å². The number of fused-ring (bicyclic) bond motifs is 1. The number of aryl methyl sites for hydroxylation is 1. The molecule has 27 heavy (non-hydrogen) atoms. The van der Waals surface area contributed by atoms with Crippen LogP contribution in [-0.2, 0) is 0 Å². The number of ketones is 1. The van der Waals surface area contributed by atoms with Crippen molar-refractivity contribution in [3.8, 4) is 6.07 Å². The first kappa shape index (κ1) is 17.4. The number of nitriles is 1. The molecule has 0 bridgehead atoms. The Hall–Kier alpha value is -2.98. The van der Waals surface area contributed by atoms with Gasteiger partial charge in [-0.1, -0.05) is 0 Å². The third-order valence-corrected chi connectivity index (χ3v) is 5.82. The number of anilines is 2. The smallest absolute Gasteiger partial charge is 0.161 e. The fraction of sp³-hybridized carbons (Fsp3) is 0.300. The lowest BCUT2D eigenvalue weighted by Gasteiger charge is -2.37. The zero-order valence-electron chi connectivity index (χ0n) is 15.3. The van der Waals surface area contributed by atoms with Crippen LogP contribution in [0.4, 0.5) is 11.5 Å². The Morgan fingerprint density at radius 3 is 2.59 bits per heavy atom. The van der Waals surface area contributed by atoms with Gasteiger partial charge in [-0.3, -0.25) is 4.79 Å². The average molecular weight is 377 g/mol. The van der Waals surface area contributed by atoms with E-state index in [4.69, 9.17) is 0 Å². The second-order valence-electron chi connectivity index (χ2n) is 6.65. The molecule has 0 amide bonds. The first-order valence-electron chi connectivity index (χ1n) is 8.83. The number of benzene rings is 1. The molecule has 1 fully saturated rings. The molecule has 7 heteroatoms. The summed E-state index contributed by atoms with van der Waals surface area (Å²) >= 11 is 1.68. The Bertz CT molecular complexity index is 1060. The summed E-state index contributed by atoms with van der Waals surface area (Å²) in [6.07, 6.45) is 1.63. The molecule has 136 valence electrons. The number of Topliss-reactive ketones (excluding diaryl/α,β-unsaturated/α-hetero) is 1. The fourth-order valence-electron chi connectivity index (χ4n) is 3.54. The van der Waals surface area contributed by atoms with E-state index < -0.39 is 0 Å². The minimum absolute atomic E-state index is 0.0168. The standard InChI is InChI=1S/C20H19N5OS/c1-13-9-17-19(22-12-23-20(17)27-13)25-7-5-24(6-8-25)18-10-15(11-21)3-4-16(18)14(2)26/h3-4,9-10,12H,5-8H2,1-2H3. The van der Waals surface area contributed by atoms with E-state index in [1.165, 1.54) is 4.88 Å². The molecule has 3 aromatic rings. The van der Waals surface area contributed by atoms with E-state index in [2.05, 4.69) is 38.8 Å². The van der Waals surface area contributed by atoms with E-state index in [-0.39, 0.29) is 5.78 Å². The molecule has 2 aromatic heterocycles. The summed E-state index contributed by atoms with van der Waals surface area (Å²) in [5.74, 6) is 0.991. The van der Waals surface area contributed by atoms with Gasteiger partial charge in [0.2, 0.25) is 0 Å². The van der Waals surface area contributed by atoms with E-state index in [9.17, 15) is 10.1 Å². The van der Waals surface area contributed by atoms with Crippen molar-refractivity contribution in [1.29, 1.82) is 5.26 Å². The van der Waals surface area contributed by atoms with Gasteiger partial charge in [-0.15, -0.1) is 11.3 Å². The molecule has 1 aliphatic heterocycles. The number of rotatable bonds is 3. The van der Waals surface area contributed by atoms with Gasteiger partial charge < -0.3 is 9.80 Å². The van der Waals surface area contributed by atoms with Crippen LogP contribution in [0.5, 0.6) is 0 Å². The van der Waals surface area contributed by atoms with Crippen molar-refractivity contribution >= 4 is 38.8 Å². The molecule has 0 N–H and O–H groups in total. The zero-order valence-corrected chi connectivity index (χ0v) is 16.1. The van der Waals surface area contributed by atoms with Crippen molar-refractivity contribution < 1.29 is 4.79 Å². The predicted octanol–water partition coefficient (Wildman–Crippen LogP) is 3.40. The normalized spacial score (nSPS) is 14.4. The molecule has 0 unspecified atom stereocenters. The van der Waals surface area contributed by atoms with Crippen LogP contribution >= 0.6 is 11.3 Å². The van der Waals surface area contributed by atoms with Crippen LogP contribution < -0.4 is 9.80 Å². The van der Waals surface area contributed by atoms with E-state index in [0.29, 0.717) is 11.1 Å². The van der Waals surface area contributed by atoms with Crippen LogP contribution in [0.15, 0.2) is 30.6 Å². The highest BCUT2D eigenvalue weighted by molar-refractivity contribution is 7.18. The molecule has 0 spiro atoms. The van der Waals surface area contributed by atoms with Crippen LogP contribution in [0.1, 0.15) is 27.7 Å². The van der Waals surface area contributed by atoms with Gasteiger partial charge >= 0.3 is 0 Å². The zero-order chi connectivity index (χ0) is 19.0. The summed E-state index contributed by atoms with van der Waals surface area (Å²) in [5, 5.41) is 10.3. The Morgan fingerprint density at radius 1 is 1.15 bits per heavy atom. The molecule has 4 rings (SSSR count). The van der Waals surface area contributed by atoms with Gasteiger partial charge in [0, 0.05) is 42.3 Å². The second-order valence-corrected chi connectivity index (χ2v) is 7.88. The summed E-state index contributed by atoms with van der Waals surface area (Å²) < 4.78 is 0. The minimum Gasteiger partial charge on any atom is -0.367 e. The van der Waals surface area contributed by atoms with Crippen molar-refractivity contribution in [3.05, 3.63) is 46.6 Å². The van der Waals surface area contributed by atoms with Crippen LogP contribution in [0, 0.1) is 18.3 Å². The van der Waals surface area contributed by atoms with E-state index in [1.54, 1.807) is 36.7 Å². The van der Waals surface area contributed by atoms with Crippen LogP contribution in [0.2, 0.25) is 0 Å². The highest BCUT2D eigenvalue weighted by Gasteiger charge is 2.23. The Morgan fingerprint density at radius 2 is 1.89 bits per heavy atom. The first-order valence-corrected chi connectivity index (χ1v) is 9.64. The second kappa shape index (κ2) is 6.97. The highest BCUT2D eigenvalue weighted by atomic mass is 32.1. The van der Waals surface area contributed by atoms with Gasteiger partial charge in [-0.25, -0.2) is 9.97 Å². The van der Waals surface area contributed by atoms with Crippen LogP contribution in [-0.4, -0.2) is 41.9 Å². The molecule has 1 aliphatic rings. The molecule has 0 saturated carbocycles. The fourth-order valence-corrected chi connectivity index (χ4v) is 4.38. The monoisotopic (exact) mass is 377 g/mol. The SMILES string of the molecule is CC(=O)c1ccc(C#N)cc1N1CCN(c2ncnc3sc(C)cc23)CC1. The minimum atomic E-state index is 0.0168. The number of nitrogens with zero attached hydrogens (tertiary/aromatic N) is 5. The van der Waals surface area contributed by atoms with E-state index >= 15 is 0 Å². The largest absolute Gasteiger partial charge is 0.367 e. The third kappa shape index (κ3) is 3.24. The number of carbonyl (C=O) groups excluding carboxylic acids is 1. The number of carbonyl (C=O) groups is 1. The number of piperazine rings is 1. The predicted molar refractivity (Wildman–Crippen MR) is 108 cm³/mol. The van der Waals surface area contributed by atoms with Crippen LogP contribution in [0.3, 0.4) is 0 Å². The van der Waals surface area contributed by atoms with Crippen molar-refractivity contribution in [2.24, 2.45) is 0 Å². The Balaban J connectivity index is 1.59. The van der Waals surface area contributed by atoms with Crippen molar-refractivity contribution in [2.75, 3.05) is 36.0 Å². The summed E-state index contributed by atoms with van der Waals surface area (Å²) in [7, 11) is 0. The maximum absolute atomic E-state index is 12.0. The summed E-state index contributed by atoms with van der Waals surface area (Å²) in [6, 6.07) is 9.58. The molecule has 1 aromatic carbocycles. The number of aromatic nitrogens is 2. The van der Waals surface area contributed by atoms with Crippen molar-refractivity contribution in [1.82, 2.24) is 9.97 Å². The molecule has 1 saturated heterocycles.